The van der Waals surface area contributed by atoms with Gasteiger partial charge < -0.3 is 27.2 Å². The van der Waals surface area contributed by atoms with Crippen LogP contribution < -0.4 is 23.3 Å². The summed E-state index contributed by atoms with van der Waals surface area (Å²) in [5.41, 5.74) is 1.90. The number of phenols is 1. The van der Waals surface area contributed by atoms with Crippen molar-refractivity contribution < 1.29 is 35.7 Å². The molecular weight excluding hydrogens is 354 g/mol. The van der Waals surface area contributed by atoms with Crippen LogP contribution in [0.15, 0.2) is 21.3 Å². The van der Waals surface area contributed by atoms with Gasteiger partial charge in [-0.2, -0.15) is 0 Å². The maximum Gasteiger partial charge on any atom is 0.339 e. The zero-order valence-corrected chi connectivity index (χ0v) is 15.1. The molecule has 0 aliphatic carbocycles. The van der Waals surface area contributed by atoms with Crippen molar-refractivity contribution in [2.24, 2.45) is 0 Å². The molecule has 0 saturated carbocycles. The maximum absolute atomic E-state index is 11.9. The summed E-state index contributed by atoms with van der Waals surface area (Å²) in [4.78, 5) is 11.9. The number of phenolic OH excluding ortho intramolecular Hbond substituents is 1. The summed E-state index contributed by atoms with van der Waals surface area (Å²) in [6, 6.07) is 3.30. The molecule has 1 fully saturated rings. The zero-order valence-electron chi connectivity index (χ0n) is 13.5. The van der Waals surface area contributed by atoms with Crippen LogP contribution in [0, 0.1) is 13.8 Å². The third-order valence-corrected chi connectivity index (χ3v) is 6.42. The van der Waals surface area contributed by atoms with Gasteiger partial charge in [-0.25, -0.2) is 13.2 Å². The largest absolute Gasteiger partial charge is 1.00 e. The molecule has 3 rings (SSSR count). The molecule has 2 aromatic rings. The van der Waals surface area contributed by atoms with Gasteiger partial charge in [0.25, 0.3) is 0 Å². The summed E-state index contributed by atoms with van der Waals surface area (Å²) < 4.78 is 28.4. The van der Waals surface area contributed by atoms with Gasteiger partial charge in [-0.3, -0.25) is 0 Å². The predicted molar refractivity (Wildman–Crippen MR) is 86.3 cm³/mol. The van der Waals surface area contributed by atoms with Gasteiger partial charge in [-0.15, -0.1) is 0 Å². The highest BCUT2D eigenvalue weighted by Crippen LogP contribution is 2.28. The predicted octanol–water partition coefficient (Wildman–Crippen LogP) is -2.63. The quantitative estimate of drug-likeness (QED) is 0.573. The van der Waals surface area contributed by atoms with Crippen LogP contribution in [0.5, 0.6) is 5.75 Å². The summed E-state index contributed by atoms with van der Waals surface area (Å²) in [5, 5.41) is 12.8. The normalized spacial score (nSPS) is 19.3. The molecule has 1 aliphatic rings. The molecule has 1 unspecified atom stereocenters. The Labute approximate surface area is 146 Å². The Bertz CT molecular complexity index is 936. The number of rotatable bonds is 3. The van der Waals surface area contributed by atoms with Crippen molar-refractivity contribution in [3.05, 3.63) is 39.2 Å². The van der Waals surface area contributed by atoms with Gasteiger partial charge in [0.2, 0.25) is 0 Å². The first-order valence-electron chi connectivity index (χ1n) is 7.57. The fraction of sp³-hybridized carbons (Fsp3) is 0.438. The number of hydrogen-bond donors (Lipinski definition) is 2. The lowest BCUT2D eigenvalue weighted by Crippen LogP contribution is -3.00. The molecule has 1 aromatic carbocycles. The van der Waals surface area contributed by atoms with E-state index in [-0.39, 0.29) is 35.7 Å². The second-order valence-electron chi connectivity index (χ2n) is 6.18. The first-order chi connectivity index (χ1) is 10.8. The standard InChI is InChI=1S/C16H19NO5S.ClH/c1-9-10(2)16(19)22-15-12(9)3-4-14(18)13(15)7-17-11-5-6-23(20,21)8-11;/h3-4,11,17-18H,5-8H2,1-2H3;1H. The summed E-state index contributed by atoms with van der Waals surface area (Å²) >= 11 is 0. The maximum atomic E-state index is 11.9. The van der Waals surface area contributed by atoms with Gasteiger partial charge in [-0.1, -0.05) is 0 Å². The number of sulfone groups is 1. The molecule has 1 atom stereocenters. The molecule has 132 valence electrons. The number of aryl methyl sites for hydroxylation is 1. The Balaban J connectivity index is 0.00000208. The molecule has 6 nitrogen and oxygen atoms in total. The second-order valence-corrected chi connectivity index (χ2v) is 8.41. The van der Waals surface area contributed by atoms with Crippen molar-refractivity contribution >= 4 is 20.8 Å². The minimum atomic E-state index is -2.94. The van der Waals surface area contributed by atoms with E-state index in [9.17, 15) is 18.3 Å². The SMILES string of the molecule is Cc1c(C)c2ccc(O)c(C[NH2+]C3CCS(=O)(=O)C3)c2oc1=O.[Cl-]. The molecular formula is C16H20ClNO5S. The Morgan fingerprint density at radius 2 is 2.00 bits per heavy atom. The van der Waals surface area contributed by atoms with Gasteiger partial charge in [0.1, 0.15) is 24.1 Å². The number of quaternary nitrogens is 1. The summed E-state index contributed by atoms with van der Waals surface area (Å²) in [7, 11) is -2.94. The van der Waals surface area contributed by atoms with E-state index in [0.717, 1.165) is 10.9 Å². The van der Waals surface area contributed by atoms with Gasteiger partial charge in [0.15, 0.2) is 15.4 Å². The molecule has 0 amide bonds. The van der Waals surface area contributed by atoms with E-state index >= 15 is 0 Å². The highest BCUT2D eigenvalue weighted by molar-refractivity contribution is 7.91. The van der Waals surface area contributed by atoms with E-state index in [1.165, 1.54) is 0 Å². The minimum absolute atomic E-state index is 0. The fourth-order valence-corrected chi connectivity index (χ4v) is 4.83. The summed E-state index contributed by atoms with van der Waals surface area (Å²) in [6.07, 6.45) is 0.607. The molecule has 8 heteroatoms. The van der Waals surface area contributed by atoms with Gasteiger partial charge >= 0.3 is 5.63 Å². The number of halogens is 1. The van der Waals surface area contributed by atoms with E-state index in [1.807, 2.05) is 12.2 Å². The van der Waals surface area contributed by atoms with Crippen LogP contribution in [-0.2, 0) is 16.4 Å². The van der Waals surface area contributed by atoms with Crippen LogP contribution in [0.25, 0.3) is 11.0 Å². The Kier molecular flexibility index (Phi) is 5.27. The van der Waals surface area contributed by atoms with E-state index in [4.69, 9.17) is 4.42 Å². The smallest absolute Gasteiger partial charge is 0.339 e. The molecule has 1 aliphatic heterocycles. The van der Waals surface area contributed by atoms with Gasteiger partial charge in [0.05, 0.1) is 11.3 Å². The molecule has 24 heavy (non-hydrogen) atoms. The average Bonchev–Trinajstić information content (AvgIpc) is 2.83. The topological polar surface area (TPSA) is 101 Å². The number of benzene rings is 1. The highest BCUT2D eigenvalue weighted by Gasteiger charge is 2.30. The van der Waals surface area contributed by atoms with Crippen LogP contribution in [0.4, 0.5) is 0 Å². The molecule has 0 radical (unpaired) electrons. The highest BCUT2D eigenvalue weighted by atomic mass is 35.5. The third-order valence-electron chi connectivity index (χ3n) is 4.63. The number of nitrogens with two attached hydrogens (primary N) is 1. The molecule has 0 bridgehead atoms. The molecule has 0 spiro atoms. The van der Waals surface area contributed by atoms with Crippen LogP contribution in [-0.4, -0.2) is 31.1 Å². The third kappa shape index (κ3) is 3.43. The van der Waals surface area contributed by atoms with Crippen molar-refractivity contribution in [3.8, 4) is 5.75 Å². The summed E-state index contributed by atoms with van der Waals surface area (Å²) in [6.45, 7) is 3.93. The van der Waals surface area contributed by atoms with Crippen LogP contribution in [0.2, 0.25) is 0 Å². The van der Waals surface area contributed by atoms with E-state index in [0.29, 0.717) is 29.7 Å². The Morgan fingerprint density at radius 3 is 2.62 bits per heavy atom. The van der Waals surface area contributed by atoms with E-state index in [2.05, 4.69) is 0 Å². The molecule has 3 N–H and O–H groups in total. The lowest BCUT2D eigenvalue weighted by molar-refractivity contribution is -0.699. The zero-order chi connectivity index (χ0) is 16.8. The lowest BCUT2D eigenvalue weighted by atomic mass is 10.0. The van der Waals surface area contributed by atoms with Crippen molar-refractivity contribution in [3.63, 3.8) is 0 Å². The van der Waals surface area contributed by atoms with E-state index < -0.39 is 15.5 Å². The molecule has 1 aromatic heterocycles. The molecule has 1 saturated heterocycles. The average molecular weight is 374 g/mol. The lowest BCUT2D eigenvalue weighted by Gasteiger charge is -2.12. The first-order valence-corrected chi connectivity index (χ1v) is 9.39. The monoisotopic (exact) mass is 373 g/mol. The Morgan fingerprint density at radius 1 is 1.29 bits per heavy atom. The van der Waals surface area contributed by atoms with E-state index in [1.54, 1.807) is 19.1 Å². The first kappa shape index (κ1) is 18.8. The number of hydrogen-bond acceptors (Lipinski definition) is 5. The number of aromatic hydroxyl groups is 1. The van der Waals surface area contributed by atoms with Crippen LogP contribution in [0.1, 0.15) is 23.1 Å². The van der Waals surface area contributed by atoms with Crippen molar-refractivity contribution in [2.45, 2.75) is 32.9 Å². The van der Waals surface area contributed by atoms with Crippen molar-refractivity contribution in [2.75, 3.05) is 11.5 Å². The summed E-state index contributed by atoms with van der Waals surface area (Å²) in [5.74, 6) is 0.421. The molecule has 2 heterocycles. The van der Waals surface area contributed by atoms with Crippen molar-refractivity contribution in [1.29, 1.82) is 0 Å². The second kappa shape index (κ2) is 6.74. The number of fused-ring (bicyclic) bond motifs is 1. The van der Waals surface area contributed by atoms with Crippen molar-refractivity contribution in [1.82, 2.24) is 0 Å². The fourth-order valence-electron chi connectivity index (χ4n) is 3.05. The van der Waals surface area contributed by atoms with Gasteiger partial charge in [0, 0.05) is 17.4 Å². The van der Waals surface area contributed by atoms with Crippen LogP contribution >= 0.6 is 0 Å². The minimum Gasteiger partial charge on any atom is -1.00 e. The van der Waals surface area contributed by atoms with Crippen LogP contribution in [0.3, 0.4) is 0 Å². The van der Waals surface area contributed by atoms with Gasteiger partial charge in [-0.05, 0) is 31.5 Å². The Hall–Kier alpha value is -1.57.